The van der Waals surface area contributed by atoms with Crippen molar-refractivity contribution in [2.75, 3.05) is 11.9 Å². The number of benzene rings is 7. The molecule has 0 atom stereocenters. The average Bonchev–Trinajstić information content (AvgIpc) is 3.98. The van der Waals surface area contributed by atoms with E-state index in [1.165, 1.54) is 67.0 Å². The van der Waals surface area contributed by atoms with Crippen molar-refractivity contribution in [3.05, 3.63) is 205 Å². The molecule has 2 aromatic heterocycles. The first kappa shape index (κ1) is 45.3. The van der Waals surface area contributed by atoms with Crippen molar-refractivity contribution in [2.45, 2.75) is 78.1 Å². The molecule has 5 heterocycles. The number of fused-ring (bicyclic) bond motifs is 15. The van der Waals surface area contributed by atoms with E-state index in [1.54, 1.807) is 0 Å². The maximum absolute atomic E-state index is 5.13. The Hall–Kier alpha value is -6.53. The first-order valence-electron chi connectivity index (χ1n) is 23.8. The van der Waals surface area contributed by atoms with Gasteiger partial charge in [-0.2, -0.15) is 24.3 Å². The fourth-order valence-electron chi connectivity index (χ4n) is 11.1. The number of rotatable bonds is 4. The van der Waals surface area contributed by atoms with Gasteiger partial charge in [0.25, 0.3) is 6.33 Å². The Morgan fingerprint density at radius 2 is 1.18 bits per heavy atom. The van der Waals surface area contributed by atoms with Gasteiger partial charge < -0.3 is 13.9 Å². The molecular weight excluding hydrogens is 1010 g/mol. The van der Waals surface area contributed by atoms with Crippen LogP contribution >= 0.6 is 0 Å². The summed E-state index contributed by atoms with van der Waals surface area (Å²) in [6.07, 6.45) is 6.02. The molecule has 0 bridgehead atoms. The van der Waals surface area contributed by atoms with Crippen molar-refractivity contribution in [1.29, 1.82) is 0 Å². The largest absolute Gasteiger partial charge is 3.00 e. The van der Waals surface area contributed by atoms with Gasteiger partial charge in [0.15, 0.2) is 0 Å². The normalized spacial score (nSPS) is 14.3. The molecule has 336 valence electrons. The van der Waals surface area contributed by atoms with Gasteiger partial charge in [-0.3, -0.25) is 9.55 Å². The fraction of sp³-hybridized carbons (Fsp3) is 0.213. The average molecular weight is 1060 g/mol. The summed E-state index contributed by atoms with van der Waals surface area (Å²) in [7, 11) is 2.20. The van der Waals surface area contributed by atoms with Crippen LogP contribution < -0.4 is 14.8 Å². The molecule has 0 unspecified atom stereocenters. The fourth-order valence-corrected chi connectivity index (χ4v) is 11.1. The summed E-state index contributed by atoms with van der Waals surface area (Å²) in [6, 6.07) is 63.2. The van der Waals surface area contributed by atoms with Gasteiger partial charge in [0, 0.05) is 17.6 Å². The Kier molecular flexibility index (Phi) is 11.5. The van der Waals surface area contributed by atoms with Gasteiger partial charge in [0.1, 0.15) is 0 Å². The predicted octanol–water partition coefficient (Wildman–Crippen LogP) is 13.2. The molecule has 0 saturated heterocycles. The van der Waals surface area contributed by atoms with Crippen LogP contribution in [0.3, 0.4) is 0 Å². The monoisotopic (exact) mass is 1060 g/mol. The van der Waals surface area contributed by atoms with Crippen LogP contribution in [-0.4, -0.2) is 28.1 Å². The zero-order chi connectivity index (χ0) is 46.4. The van der Waals surface area contributed by atoms with Crippen LogP contribution in [0.2, 0.25) is 0 Å². The number of hydrogen-bond donors (Lipinski definition) is 0. The van der Waals surface area contributed by atoms with E-state index in [0.717, 1.165) is 34.0 Å². The second-order valence-corrected chi connectivity index (χ2v) is 20.1. The zero-order valence-corrected chi connectivity index (χ0v) is 42.8. The molecule has 0 radical (unpaired) electrons. The van der Waals surface area contributed by atoms with Crippen molar-refractivity contribution in [3.8, 4) is 67.5 Å². The van der Waals surface area contributed by atoms with Gasteiger partial charge in [0.2, 0.25) is 0 Å². The second kappa shape index (κ2) is 17.2. The number of imidazole rings is 2. The maximum Gasteiger partial charge on any atom is 3.00 e. The molecule has 0 saturated carbocycles. The minimum Gasteiger partial charge on any atom is -0.436 e. The van der Waals surface area contributed by atoms with E-state index < -0.39 is 0 Å². The van der Waals surface area contributed by atoms with Gasteiger partial charge >= 0.3 is 27.1 Å². The standard InChI is InChI=1S/C33H27N2.C28H29BN3.Ir/c1-32(2)27-18-10-12-20-29(27)35-21-34-28-19-11-9-16-25(28)23-14-6-5-13-22(23)24-15-7-8-17-26(24)30(34)31(35)33(32,3)4;1-19(2)22-15-11-16-23(20(3)4)27(22)29-31(5)26-17-10-9-14-24(26)28-30-25(18-32(28)29)21-12-7-6-8-13-21;/h5-19H,1-4H3;6-13,15-20H,1-5H3;/q2*-1;+3. The quantitative estimate of drug-likeness (QED) is 0.0999. The Labute approximate surface area is 416 Å². The number of aromatic nitrogens is 4. The predicted molar refractivity (Wildman–Crippen MR) is 277 cm³/mol. The minimum absolute atomic E-state index is 0. The van der Waals surface area contributed by atoms with E-state index in [1.807, 2.05) is 18.2 Å². The van der Waals surface area contributed by atoms with Crippen LogP contribution in [0.15, 0.2) is 164 Å². The minimum atomic E-state index is -0.160. The SMILES string of the molecule is CC(C)c1cccc(C(C)C)c1B1N(C)c2ccc[c-]c2-c2nc(-c3ccccc3)cn21.CC1(C)c2ccc[c-]c2-n2[c-][n+]3c(c2C1(C)C)-c1ccccc1-c1ccccc1-c1ccccc1-3.[Ir+3]. The van der Waals surface area contributed by atoms with Crippen molar-refractivity contribution in [3.63, 3.8) is 0 Å². The third kappa shape index (κ3) is 6.92. The van der Waals surface area contributed by atoms with Crippen LogP contribution in [0, 0.1) is 18.5 Å². The van der Waals surface area contributed by atoms with Crippen molar-refractivity contribution in [1.82, 2.24) is 14.0 Å². The van der Waals surface area contributed by atoms with Crippen LogP contribution in [0.25, 0.3) is 67.5 Å². The van der Waals surface area contributed by atoms with Crippen LogP contribution in [0.4, 0.5) is 5.69 Å². The van der Waals surface area contributed by atoms with Gasteiger partial charge in [-0.25, -0.2) is 0 Å². The number of para-hydroxylation sites is 2. The summed E-state index contributed by atoms with van der Waals surface area (Å²) in [5.74, 6) is 1.85. The molecular formula is C61H56BIrN5+. The summed E-state index contributed by atoms with van der Waals surface area (Å²) in [5, 5.41) is 0. The van der Waals surface area contributed by atoms with Crippen molar-refractivity contribution < 1.29 is 24.7 Å². The third-order valence-corrected chi connectivity index (χ3v) is 15.1. The Morgan fingerprint density at radius 3 is 1.85 bits per heavy atom. The Balaban J connectivity index is 0.000000157. The van der Waals surface area contributed by atoms with E-state index in [2.05, 4.69) is 245 Å². The second-order valence-electron chi connectivity index (χ2n) is 20.1. The zero-order valence-electron chi connectivity index (χ0n) is 40.4. The smallest absolute Gasteiger partial charge is 0.436 e. The molecule has 3 aliphatic heterocycles. The van der Waals surface area contributed by atoms with Gasteiger partial charge in [0.05, 0.1) is 22.8 Å². The first-order chi connectivity index (χ1) is 32.4. The molecule has 3 aliphatic rings. The van der Waals surface area contributed by atoms with Crippen LogP contribution in [0.5, 0.6) is 0 Å². The van der Waals surface area contributed by atoms with Gasteiger partial charge in [-0.05, 0) is 80.5 Å². The molecule has 12 rings (SSSR count). The topological polar surface area (TPSA) is 29.9 Å². The van der Waals surface area contributed by atoms with E-state index >= 15 is 0 Å². The summed E-state index contributed by atoms with van der Waals surface area (Å²) in [4.78, 5) is 7.52. The van der Waals surface area contributed by atoms with Gasteiger partial charge in [-0.15, -0.1) is 29.8 Å². The Morgan fingerprint density at radius 1 is 0.603 bits per heavy atom. The summed E-state index contributed by atoms with van der Waals surface area (Å²) in [5.41, 5.74) is 20.6. The number of hydrogen-bond acceptors (Lipinski definition) is 2. The number of anilines is 1. The molecule has 9 aromatic rings. The number of nitrogens with zero attached hydrogens (tertiary/aromatic N) is 5. The van der Waals surface area contributed by atoms with Crippen molar-refractivity contribution in [2.24, 2.45) is 0 Å². The first-order valence-corrected chi connectivity index (χ1v) is 23.8. The van der Waals surface area contributed by atoms with E-state index in [0.29, 0.717) is 11.8 Å². The summed E-state index contributed by atoms with van der Waals surface area (Å²) >= 11 is 0. The van der Waals surface area contributed by atoms with E-state index in [4.69, 9.17) is 4.98 Å². The third-order valence-electron chi connectivity index (χ3n) is 15.1. The molecule has 0 spiro atoms. The molecule has 7 heteroatoms. The molecule has 0 aliphatic carbocycles. The molecule has 0 amide bonds. The molecule has 5 nitrogen and oxygen atoms in total. The van der Waals surface area contributed by atoms with Crippen molar-refractivity contribution >= 4 is 18.1 Å². The van der Waals surface area contributed by atoms with E-state index in [9.17, 15) is 0 Å². The summed E-state index contributed by atoms with van der Waals surface area (Å²) < 4.78 is 6.93. The molecule has 7 aromatic carbocycles. The maximum atomic E-state index is 5.13. The Bertz CT molecular complexity index is 3330. The summed E-state index contributed by atoms with van der Waals surface area (Å²) in [6.45, 7) is 18.7. The van der Waals surface area contributed by atoms with Gasteiger partial charge in [-0.1, -0.05) is 187 Å². The van der Waals surface area contributed by atoms with E-state index in [-0.39, 0.29) is 37.9 Å². The molecule has 0 N–H and O–H groups in total. The van der Waals surface area contributed by atoms with Crippen LogP contribution in [-0.2, 0) is 30.9 Å². The molecule has 68 heavy (non-hydrogen) atoms. The van der Waals surface area contributed by atoms with Crippen LogP contribution in [0.1, 0.15) is 89.6 Å². The molecule has 0 fully saturated rings.